The predicted octanol–water partition coefficient (Wildman–Crippen LogP) is 3.88. The van der Waals surface area contributed by atoms with E-state index in [0.717, 1.165) is 52.3 Å². The summed E-state index contributed by atoms with van der Waals surface area (Å²) in [4.78, 5) is 4.43. The van der Waals surface area contributed by atoms with Gasteiger partial charge in [-0.1, -0.05) is 24.3 Å². The zero-order chi connectivity index (χ0) is 14.9. The SMILES string of the molecule is COc1ccccc1-c1ccc2c(C3=NCCN3)occ2c1.Cl. The Morgan fingerprint density at radius 2 is 2.04 bits per heavy atom. The molecular formula is C18H17ClN2O2. The molecule has 0 aliphatic carbocycles. The topological polar surface area (TPSA) is 46.8 Å². The molecule has 0 unspecified atom stereocenters. The number of benzene rings is 2. The minimum atomic E-state index is 0. The molecule has 0 atom stereocenters. The van der Waals surface area contributed by atoms with E-state index in [0.29, 0.717) is 0 Å². The van der Waals surface area contributed by atoms with Gasteiger partial charge in [0.05, 0.1) is 19.9 Å². The van der Waals surface area contributed by atoms with Crippen LogP contribution in [0.4, 0.5) is 0 Å². The van der Waals surface area contributed by atoms with Crippen LogP contribution >= 0.6 is 12.4 Å². The van der Waals surface area contributed by atoms with Gasteiger partial charge in [0.2, 0.25) is 0 Å². The van der Waals surface area contributed by atoms with Gasteiger partial charge in [0.25, 0.3) is 0 Å². The smallest absolute Gasteiger partial charge is 0.176 e. The summed E-state index contributed by atoms with van der Waals surface area (Å²) < 4.78 is 11.2. The highest BCUT2D eigenvalue weighted by Crippen LogP contribution is 2.33. The van der Waals surface area contributed by atoms with Crippen molar-refractivity contribution in [1.29, 1.82) is 0 Å². The molecule has 0 fully saturated rings. The minimum Gasteiger partial charge on any atom is -0.496 e. The van der Waals surface area contributed by atoms with Crippen LogP contribution in [0.2, 0.25) is 0 Å². The van der Waals surface area contributed by atoms with Crippen LogP contribution < -0.4 is 10.1 Å². The second kappa shape index (κ2) is 6.34. The number of hydrogen-bond acceptors (Lipinski definition) is 4. The van der Waals surface area contributed by atoms with Crippen LogP contribution in [0.25, 0.3) is 21.9 Å². The monoisotopic (exact) mass is 328 g/mol. The molecule has 0 radical (unpaired) electrons. The van der Waals surface area contributed by atoms with Gasteiger partial charge in [0.1, 0.15) is 5.75 Å². The lowest BCUT2D eigenvalue weighted by Crippen LogP contribution is -2.18. The fourth-order valence-electron chi connectivity index (χ4n) is 2.84. The van der Waals surface area contributed by atoms with E-state index in [9.17, 15) is 0 Å². The number of halogens is 1. The van der Waals surface area contributed by atoms with Crippen molar-refractivity contribution in [2.75, 3.05) is 20.2 Å². The van der Waals surface area contributed by atoms with E-state index in [4.69, 9.17) is 9.15 Å². The lowest BCUT2D eigenvalue weighted by atomic mass is 10.0. The zero-order valence-corrected chi connectivity index (χ0v) is 13.5. The highest BCUT2D eigenvalue weighted by molar-refractivity contribution is 6.08. The maximum atomic E-state index is 5.72. The quantitative estimate of drug-likeness (QED) is 0.793. The molecule has 0 bridgehead atoms. The molecule has 1 N–H and O–H groups in total. The number of nitrogens with one attached hydrogen (secondary N) is 1. The molecule has 2 heterocycles. The van der Waals surface area contributed by atoms with Crippen LogP contribution in [-0.4, -0.2) is 26.0 Å². The third-order valence-corrected chi connectivity index (χ3v) is 3.91. The Morgan fingerprint density at radius 3 is 2.83 bits per heavy atom. The standard InChI is InChI=1S/C18H16N2O2.ClH/c1-21-16-5-3-2-4-14(16)12-6-7-15-13(10-12)11-22-17(15)18-19-8-9-20-18;/h2-7,10-11H,8-9H2,1H3,(H,19,20);1H. The van der Waals surface area contributed by atoms with E-state index < -0.39 is 0 Å². The number of fused-ring (bicyclic) bond motifs is 1. The summed E-state index contributed by atoms with van der Waals surface area (Å²) in [6.07, 6.45) is 1.78. The number of amidine groups is 1. The van der Waals surface area contributed by atoms with Gasteiger partial charge in [-0.25, -0.2) is 0 Å². The molecule has 0 amide bonds. The van der Waals surface area contributed by atoms with Gasteiger partial charge in [-0.3, -0.25) is 4.99 Å². The van der Waals surface area contributed by atoms with E-state index >= 15 is 0 Å². The summed E-state index contributed by atoms with van der Waals surface area (Å²) in [6, 6.07) is 14.3. The molecule has 1 aromatic heterocycles. The average molecular weight is 329 g/mol. The third-order valence-electron chi connectivity index (χ3n) is 3.91. The van der Waals surface area contributed by atoms with Crippen LogP contribution in [0.1, 0.15) is 5.76 Å². The van der Waals surface area contributed by atoms with Crippen LogP contribution in [-0.2, 0) is 0 Å². The molecule has 0 saturated heterocycles. The number of rotatable bonds is 3. The molecule has 118 valence electrons. The molecular weight excluding hydrogens is 312 g/mol. The first-order valence-corrected chi connectivity index (χ1v) is 7.30. The summed E-state index contributed by atoms with van der Waals surface area (Å²) in [5.41, 5.74) is 2.18. The Morgan fingerprint density at radius 1 is 1.17 bits per heavy atom. The average Bonchev–Trinajstić information content (AvgIpc) is 3.23. The molecule has 2 aromatic carbocycles. The van der Waals surface area contributed by atoms with Crippen molar-refractivity contribution in [1.82, 2.24) is 5.32 Å². The van der Waals surface area contributed by atoms with Crippen molar-refractivity contribution in [3.05, 3.63) is 54.5 Å². The van der Waals surface area contributed by atoms with Crippen LogP contribution in [0.3, 0.4) is 0 Å². The van der Waals surface area contributed by atoms with Gasteiger partial charge in [-0.15, -0.1) is 12.4 Å². The van der Waals surface area contributed by atoms with E-state index in [1.54, 1.807) is 13.4 Å². The number of para-hydroxylation sites is 1. The summed E-state index contributed by atoms with van der Waals surface area (Å²) >= 11 is 0. The zero-order valence-electron chi connectivity index (χ0n) is 12.7. The van der Waals surface area contributed by atoms with Gasteiger partial charge < -0.3 is 14.5 Å². The number of furan rings is 1. The van der Waals surface area contributed by atoms with Crippen LogP contribution in [0.5, 0.6) is 5.75 Å². The van der Waals surface area contributed by atoms with Crippen LogP contribution in [0, 0.1) is 0 Å². The van der Waals surface area contributed by atoms with E-state index in [1.807, 2.05) is 18.2 Å². The lowest BCUT2D eigenvalue weighted by Gasteiger charge is -2.08. The van der Waals surface area contributed by atoms with E-state index in [-0.39, 0.29) is 12.4 Å². The normalized spacial score (nSPS) is 13.3. The maximum Gasteiger partial charge on any atom is 0.176 e. The fraction of sp³-hybridized carbons (Fsp3) is 0.167. The summed E-state index contributed by atoms with van der Waals surface area (Å²) in [5.74, 6) is 2.53. The highest BCUT2D eigenvalue weighted by atomic mass is 35.5. The number of ether oxygens (including phenoxy) is 1. The molecule has 0 saturated carbocycles. The fourth-order valence-corrected chi connectivity index (χ4v) is 2.84. The van der Waals surface area contributed by atoms with Crippen molar-refractivity contribution in [3.8, 4) is 16.9 Å². The van der Waals surface area contributed by atoms with Gasteiger partial charge in [0, 0.05) is 22.9 Å². The molecule has 3 aromatic rings. The Balaban J connectivity index is 0.00000156. The summed E-state index contributed by atoms with van der Waals surface area (Å²) in [6.45, 7) is 1.67. The number of nitrogens with zero attached hydrogens (tertiary/aromatic N) is 1. The van der Waals surface area contributed by atoms with E-state index in [2.05, 4.69) is 34.6 Å². The molecule has 1 aliphatic rings. The Bertz CT molecular complexity index is 870. The van der Waals surface area contributed by atoms with Crippen molar-refractivity contribution >= 4 is 29.0 Å². The number of aliphatic imine (C=N–C) groups is 1. The molecule has 4 nitrogen and oxygen atoms in total. The van der Waals surface area contributed by atoms with E-state index in [1.165, 1.54) is 0 Å². The number of methoxy groups -OCH3 is 1. The third kappa shape index (κ3) is 2.66. The first-order valence-electron chi connectivity index (χ1n) is 7.30. The minimum absolute atomic E-state index is 0. The first kappa shape index (κ1) is 15.4. The summed E-state index contributed by atoms with van der Waals surface area (Å²) in [5, 5.41) is 5.39. The van der Waals surface area contributed by atoms with Crippen molar-refractivity contribution in [3.63, 3.8) is 0 Å². The van der Waals surface area contributed by atoms with Crippen molar-refractivity contribution in [2.45, 2.75) is 0 Å². The van der Waals surface area contributed by atoms with Gasteiger partial charge in [0.15, 0.2) is 11.6 Å². The molecule has 5 heteroatoms. The van der Waals surface area contributed by atoms with Crippen molar-refractivity contribution in [2.24, 2.45) is 4.99 Å². The second-order valence-electron chi connectivity index (χ2n) is 5.22. The first-order chi connectivity index (χ1) is 10.9. The van der Waals surface area contributed by atoms with Crippen LogP contribution in [0.15, 0.2) is 58.1 Å². The molecule has 0 spiro atoms. The largest absolute Gasteiger partial charge is 0.496 e. The Hall–Kier alpha value is -2.46. The van der Waals surface area contributed by atoms with Gasteiger partial charge in [-0.2, -0.15) is 0 Å². The summed E-state index contributed by atoms with van der Waals surface area (Å²) in [7, 11) is 1.69. The molecule has 4 rings (SSSR count). The lowest BCUT2D eigenvalue weighted by molar-refractivity contribution is 0.416. The second-order valence-corrected chi connectivity index (χ2v) is 5.22. The molecule has 1 aliphatic heterocycles. The number of hydrogen-bond donors (Lipinski definition) is 1. The Kier molecular flexibility index (Phi) is 4.26. The predicted molar refractivity (Wildman–Crippen MR) is 94.9 cm³/mol. The maximum absolute atomic E-state index is 5.72. The van der Waals surface area contributed by atoms with Crippen molar-refractivity contribution < 1.29 is 9.15 Å². The Labute approximate surface area is 140 Å². The van der Waals surface area contributed by atoms with Gasteiger partial charge >= 0.3 is 0 Å². The molecule has 23 heavy (non-hydrogen) atoms. The highest BCUT2D eigenvalue weighted by Gasteiger charge is 2.16. The van der Waals surface area contributed by atoms with Gasteiger partial charge in [-0.05, 0) is 23.8 Å².